The first-order chi connectivity index (χ1) is 14.0. The average Bonchev–Trinajstić information content (AvgIpc) is 3.15. The predicted molar refractivity (Wildman–Crippen MR) is 111 cm³/mol. The molecule has 0 saturated heterocycles. The van der Waals surface area contributed by atoms with Crippen molar-refractivity contribution in [3.05, 3.63) is 83.1 Å². The van der Waals surface area contributed by atoms with E-state index in [1.165, 1.54) is 18.4 Å². The van der Waals surface area contributed by atoms with Gasteiger partial charge in [-0.05, 0) is 68.3 Å². The van der Waals surface area contributed by atoms with Gasteiger partial charge in [0.1, 0.15) is 16.8 Å². The zero-order valence-corrected chi connectivity index (χ0v) is 18.3. The summed E-state index contributed by atoms with van der Waals surface area (Å²) in [6.07, 6.45) is 1.31. The van der Waals surface area contributed by atoms with Gasteiger partial charge in [-0.15, -0.1) is 0 Å². The highest BCUT2D eigenvalue weighted by Crippen LogP contribution is 2.30. The van der Waals surface area contributed by atoms with Crippen LogP contribution in [0.5, 0.6) is 0 Å². The molecule has 1 aromatic heterocycles. The Hall–Kier alpha value is -2.49. The van der Waals surface area contributed by atoms with E-state index < -0.39 is 37.5 Å². The average molecular weight is 452 g/mol. The molecule has 1 heterocycles. The van der Waals surface area contributed by atoms with Crippen LogP contribution in [0.4, 0.5) is 4.39 Å². The highest BCUT2D eigenvalue weighted by Gasteiger charge is 2.33. The maximum absolute atomic E-state index is 13.2. The second-order valence-corrected chi connectivity index (χ2v) is 10.9. The molecule has 6 nitrogen and oxygen atoms in total. The summed E-state index contributed by atoms with van der Waals surface area (Å²) in [7, 11) is -8.05. The Morgan fingerprint density at radius 1 is 0.967 bits per heavy atom. The van der Waals surface area contributed by atoms with Crippen LogP contribution in [0.15, 0.2) is 69.0 Å². The van der Waals surface area contributed by atoms with Gasteiger partial charge in [-0.2, -0.15) is 0 Å². The first-order valence-corrected chi connectivity index (χ1v) is 12.2. The van der Waals surface area contributed by atoms with E-state index >= 15 is 0 Å². The van der Waals surface area contributed by atoms with Crippen LogP contribution in [0.25, 0.3) is 0 Å². The predicted octanol–water partition coefficient (Wildman–Crippen LogP) is 3.84. The van der Waals surface area contributed by atoms with Crippen molar-refractivity contribution >= 4 is 19.9 Å². The molecule has 1 atom stereocenters. The van der Waals surface area contributed by atoms with Crippen molar-refractivity contribution in [2.45, 2.75) is 35.8 Å². The summed E-state index contributed by atoms with van der Waals surface area (Å²) < 4.78 is 73.2. The van der Waals surface area contributed by atoms with Gasteiger partial charge in [0.2, 0.25) is 10.0 Å². The van der Waals surface area contributed by atoms with Crippen molar-refractivity contribution in [2.75, 3.05) is 6.54 Å². The third-order valence-electron chi connectivity index (χ3n) is 4.71. The van der Waals surface area contributed by atoms with Crippen molar-refractivity contribution in [1.82, 2.24) is 4.72 Å². The number of furan rings is 1. The molecule has 0 bridgehead atoms. The lowest BCUT2D eigenvalue weighted by atomic mass is 10.1. The third-order valence-corrected chi connectivity index (χ3v) is 8.51. The Bertz CT molecular complexity index is 1230. The molecule has 2 aromatic carbocycles. The molecule has 1 N–H and O–H groups in total. The largest absolute Gasteiger partial charge is 0.468 e. The van der Waals surface area contributed by atoms with E-state index in [-0.39, 0.29) is 15.6 Å². The summed E-state index contributed by atoms with van der Waals surface area (Å²) in [5.41, 5.74) is 2.06. The van der Waals surface area contributed by atoms with E-state index in [1.54, 1.807) is 26.0 Å². The van der Waals surface area contributed by atoms with Crippen molar-refractivity contribution < 1.29 is 25.6 Å². The smallest absolute Gasteiger partial charge is 0.241 e. The Morgan fingerprint density at radius 3 is 2.10 bits per heavy atom. The highest BCUT2D eigenvalue weighted by atomic mass is 32.2. The number of benzene rings is 2. The molecule has 0 aliphatic heterocycles. The zero-order valence-electron chi connectivity index (χ0n) is 16.7. The summed E-state index contributed by atoms with van der Waals surface area (Å²) >= 11 is 0. The van der Waals surface area contributed by atoms with E-state index in [0.29, 0.717) is 11.1 Å². The summed E-state index contributed by atoms with van der Waals surface area (Å²) in [6.45, 7) is 4.80. The minimum atomic E-state index is -4.06. The van der Waals surface area contributed by atoms with Crippen LogP contribution in [0.1, 0.15) is 27.7 Å². The van der Waals surface area contributed by atoms with Gasteiger partial charge in [0.15, 0.2) is 9.84 Å². The maximum atomic E-state index is 13.2. The fourth-order valence-corrected chi connectivity index (χ4v) is 6.66. The van der Waals surface area contributed by atoms with Crippen molar-refractivity contribution in [1.29, 1.82) is 0 Å². The summed E-state index contributed by atoms with van der Waals surface area (Å²) in [4.78, 5) is -0.0160. The van der Waals surface area contributed by atoms with E-state index in [2.05, 4.69) is 4.72 Å². The Balaban J connectivity index is 1.97. The second-order valence-electron chi connectivity index (χ2n) is 7.08. The molecule has 0 radical (unpaired) electrons. The van der Waals surface area contributed by atoms with Gasteiger partial charge >= 0.3 is 0 Å². The molecular weight excluding hydrogens is 429 g/mol. The number of rotatable bonds is 7. The molecule has 0 saturated carbocycles. The molecule has 0 aliphatic carbocycles. The van der Waals surface area contributed by atoms with Crippen molar-refractivity contribution in [3.63, 3.8) is 0 Å². The first kappa shape index (κ1) is 22.2. The number of aryl methyl sites for hydroxylation is 3. The minimum absolute atomic E-state index is 0.0828. The van der Waals surface area contributed by atoms with Gasteiger partial charge in [0.25, 0.3) is 0 Å². The van der Waals surface area contributed by atoms with E-state index in [1.807, 2.05) is 6.92 Å². The molecule has 9 heteroatoms. The lowest BCUT2D eigenvalue weighted by Gasteiger charge is -2.18. The lowest BCUT2D eigenvalue weighted by Crippen LogP contribution is -2.32. The van der Waals surface area contributed by atoms with Crippen LogP contribution in [-0.2, 0) is 19.9 Å². The number of sulfone groups is 1. The van der Waals surface area contributed by atoms with Crippen LogP contribution >= 0.6 is 0 Å². The Morgan fingerprint density at radius 2 is 1.57 bits per heavy atom. The van der Waals surface area contributed by atoms with E-state index in [9.17, 15) is 21.2 Å². The summed E-state index contributed by atoms with van der Waals surface area (Å²) in [6, 6.07) is 10.8. The molecule has 160 valence electrons. The van der Waals surface area contributed by atoms with Gasteiger partial charge in [-0.3, -0.25) is 0 Å². The van der Waals surface area contributed by atoms with Gasteiger partial charge in [-0.1, -0.05) is 17.7 Å². The van der Waals surface area contributed by atoms with Crippen LogP contribution < -0.4 is 4.72 Å². The monoisotopic (exact) mass is 451 g/mol. The molecule has 0 aliphatic rings. The number of hydrogen-bond donors (Lipinski definition) is 1. The molecule has 30 heavy (non-hydrogen) atoms. The van der Waals surface area contributed by atoms with Gasteiger partial charge in [-0.25, -0.2) is 25.9 Å². The van der Waals surface area contributed by atoms with Gasteiger partial charge in [0, 0.05) is 6.54 Å². The Kier molecular flexibility index (Phi) is 6.16. The maximum Gasteiger partial charge on any atom is 0.241 e. The first-order valence-electron chi connectivity index (χ1n) is 9.13. The fraction of sp³-hybridized carbons (Fsp3) is 0.238. The normalized spacial score (nSPS) is 13.3. The number of halogens is 1. The SMILES string of the molecule is Cc1cc(C)c(S(=O)(=O)NCC(c2ccco2)S(=O)(=O)c2ccc(F)cc2)c(C)c1. The number of hydrogen-bond acceptors (Lipinski definition) is 5. The third kappa shape index (κ3) is 4.48. The molecule has 0 fully saturated rings. The quantitative estimate of drug-likeness (QED) is 0.551. The number of nitrogens with one attached hydrogen (secondary N) is 1. The zero-order chi connectivity index (χ0) is 22.1. The fourth-order valence-electron chi connectivity index (χ4n) is 3.47. The minimum Gasteiger partial charge on any atom is -0.468 e. The molecule has 3 aromatic rings. The standard InChI is InChI=1S/C21H22FNO5S2/c1-14-11-15(2)21(16(3)12-14)30(26,27)23-13-20(19-5-4-10-28-19)29(24,25)18-8-6-17(22)7-9-18/h4-12,20,23H,13H2,1-3H3. The van der Waals surface area contributed by atoms with Crippen LogP contribution in [0.2, 0.25) is 0 Å². The highest BCUT2D eigenvalue weighted by molar-refractivity contribution is 7.92. The molecule has 0 spiro atoms. The van der Waals surface area contributed by atoms with Crippen LogP contribution in [-0.4, -0.2) is 23.4 Å². The van der Waals surface area contributed by atoms with Gasteiger partial charge in [0.05, 0.1) is 16.1 Å². The summed E-state index contributed by atoms with van der Waals surface area (Å²) in [5.74, 6) is -0.492. The van der Waals surface area contributed by atoms with Gasteiger partial charge < -0.3 is 4.42 Å². The van der Waals surface area contributed by atoms with Crippen LogP contribution in [0.3, 0.4) is 0 Å². The lowest BCUT2D eigenvalue weighted by molar-refractivity contribution is 0.486. The summed E-state index contributed by atoms with van der Waals surface area (Å²) in [5, 5.41) is -1.32. The number of sulfonamides is 1. The van der Waals surface area contributed by atoms with Crippen molar-refractivity contribution in [3.8, 4) is 0 Å². The van der Waals surface area contributed by atoms with E-state index in [4.69, 9.17) is 4.42 Å². The Labute approximate surface area is 175 Å². The molecule has 0 amide bonds. The van der Waals surface area contributed by atoms with E-state index in [0.717, 1.165) is 29.8 Å². The van der Waals surface area contributed by atoms with Crippen molar-refractivity contribution in [2.24, 2.45) is 0 Å². The van der Waals surface area contributed by atoms with Crippen LogP contribution in [0, 0.1) is 26.6 Å². The molecular formula is C21H22FNO5S2. The molecule has 3 rings (SSSR count). The topological polar surface area (TPSA) is 93.4 Å². The second kappa shape index (κ2) is 8.33. The molecule has 1 unspecified atom stereocenters.